The Labute approximate surface area is 91.4 Å². The molecule has 1 aliphatic heterocycles. The van der Waals surface area contributed by atoms with Gasteiger partial charge in [-0.25, -0.2) is 4.31 Å². The molecule has 1 fully saturated rings. The molecule has 1 heterocycles. The Bertz CT molecular complexity index is 152. The summed E-state index contributed by atoms with van der Waals surface area (Å²) in [6.45, 7) is 5.48. The number of aliphatic hydroxyl groups is 1. The topological polar surface area (TPSA) is 35.5 Å². The van der Waals surface area contributed by atoms with Gasteiger partial charge >= 0.3 is 0 Å². The van der Waals surface area contributed by atoms with Crippen molar-refractivity contribution in [1.29, 1.82) is 0 Å². The van der Waals surface area contributed by atoms with E-state index < -0.39 is 0 Å². The Kier molecular flexibility index (Phi) is 9.21. The highest BCUT2D eigenvalue weighted by Gasteiger charge is 2.20. The molecule has 0 amide bonds. The van der Waals surface area contributed by atoms with Crippen LogP contribution in [0.4, 0.5) is 0 Å². The van der Waals surface area contributed by atoms with Crippen LogP contribution in [0, 0.1) is 12.8 Å². The summed E-state index contributed by atoms with van der Waals surface area (Å²) in [6, 6.07) is 0.315. The average Bonchev–Trinajstić information content (AvgIpc) is 2.29. The Hall–Kier alpha value is -0.210. The van der Waals surface area contributed by atoms with E-state index in [1.165, 1.54) is 6.42 Å². The Morgan fingerprint density at radius 2 is 2.29 bits per heavy atom. The molecule has 0 spiro atoms. The van der Waals surface area contributed by atoms with E-state index >= 15 is 0 Å². The van der Waals surface area contributed by atoms with Crippen molar-refractivity contribution in [2.75, 3.05) is 32.0 Å². The van der Waals surface area contributed by atoms with Gasteiger partial charge in [-0.15, -0.1) is 12.8 Å². The summed E-state index contributed by atoms with van der Waals surface area (Å²) >= 11 is 1.86. The van der Waals surface area contributed by atoms with Crippen molar-refractivity contribution >= 4 is 11.9 Å². The van der Waals surface area contributed by atoms with E-state index in [9.17, 15) is 0 Å². The van der Waals surface area contributed by atoms with Crippen molar-refractivity contribution in [2.24, 2.45) is 0 Å². The van der Waals surface area contributed by atoms with Crippen LogP contribution >= 0.6 is 11.9 Å². The van der Waals surface area contributed by atoms with Gasteiger partial charge in [0.15, 0.2) is 0 Å². The smallest absolute Gasteiger partial charge is 0.0608 e. The van der Waals surface area contributed by atoms with Gasteiger partial charge in [0.1, 0.15) is 0 Å². The molecule has 0 radical (unpaired) electrons. The van der Waals surface area contributed by atoms with Gasteiger partial charge in [-0.05, 0) is 6.42 Å². The highest BCUT2D eigenvalue weighted by molar-refractivity contribution is 7.97. The number of nitrogens with zero attached hydrogens (tertiary/aromatic N) is 1. The Balaban J connectivity index is 0.000000791. The number of hydrogen-bond donors (Lipinski definition) is 2. The lowest BCUT2D eigenvalue weighted by Gasteiger charge is -2.33. The van der Waals surface area contributed by atoms with Crippen LogP contribution in [0.15, 0.2) is 0 Å². The van der Waals surface area contributed by atoms with Crippen LogP contribution in [0.25, 0.3) is 0 Å². The molecule has 1 rings (SSSR count). The van der Waals surface area contributed by atoms with E-state index in [2.05, 4.69) is 29.4 Å². The average molecular weight is 216 g/mol. The second-order valence-corrected chi connectivity index (χ2v) is 4.15. The van der Waals surface area contributed by atoms with Crippen LogP contribution in [-0.4, -0.2) is 47.4 Å². The summed E-state index contributed by atoms with van der Waals surface area (Å²) < 4.78 is 2.31. The molecule has 0 aromatic rings. The molecular weight excluding hydrogens is 196 g/mol. The minimum absolute atomic E-state index is 0.268. The summed E-state index contributed by atoms with van der Waals surface area (Å²) in [5, 5.41) is 12.3. The van der Waals surface area contributed by atoms with Gasteiger partial charge in [0.2, 0.25) is 0 Å². The molecule has 1 atom stereocenters. The SMILES string of the molecule is C#C.CCCSN1CCNC[C@@H]1CO. The zero-order chi connectivity index (χ0) is 10.8. The zero-order valence-electron chi connectivity index (χ0n) is 8.78. The molecule has 0 aromatic carbocycles. The van der Waals surface area contributed by atoms with Crippen molar-refractivity contribution in [2.45, 2.75) is 19.4 Å². The molecule has 0 unspecified atom stereocenters. The van der Waals surface area contributed by atoms with E-state index in [-0.39, 0.29) is 6.61 Å². The van der Waals surface area contributed by atoms with Gasteiger partial charge in [0.25, 0.3) is 0 Å². The van der Waals surface area contributed by atoms with Crippen LogP contribution < -0.4 is 5.32 Å². The van der Waals surface area contributed by atoms with Crippen LogP contribution in [-0.2, 0) is 0 Å². The van der Waals surface area contributed by atoms with Crippen LogP contribution in [0.5, 0.6) is 0 Å². The first-order chi connectivity index (χ1) is 6.88. The molecule has 82 valence electrons. The quantitative estimate of drug-likeness (QED) is 0.532. The molecule has 1 saturated heterocycles. The van der Waals surface area contributed by atoms with Crippen LogP contribution in [0.1, 0.15) is 13.3 Å². The largest absolute Gasteiger partial charge is 0.395 e. The van der Waals surface area contributed by atoms with E-state index in [0.717, 1.165) is 25.4 Å². The van der Waals surface area contributed by atoms with E-state index in [1.807, 2.05) is 11.9 Å². The molecule has 1 aliphatic rings. The van der Waals surface area contributed by atoms with Gasteiger partial charge in [-0.1, -0.05) is 18.9 Å². The molecule has 3 nitrogen and oxygen atoms in total. The molecule has 14 heavy (non-hydrogen) atoms. The highest BCUT2D eigenvalue weighted by Crippen LogP contribution is 2.16. The third kappa shape index (κ3) is 4.87. The van der Waals surface area contributed by atoms with Crippen molar-refractivity contribution in [3.8, 4) is 12.8 Å². The first-order valence-electron chi connectivity index (χ1n) is 4.93. The van der Waals surface area contributed by atoms with Gasteiger partial charge in [-0.3, -0.25) is 0 Å². The van der Waals surface area contributed by atoms with E-state index in [4.69, 9.17) is 5.11 Å². The first kappa shape index (κ1) is 13.8. The molecule has 0 bridgehead atoms. The van der Waals surface area contributed by atoms with Crippen molar-refractivity contribution in [1.82, 2.24) is 9.62 Å². The minimum Gasteiger partial charge on any atom is -0.395 e. The molecule has 0 aromatic heterocycles. The lowest BCUT2D eigenvalue weighted by atomic mass is 10.2. The van der Waals surface area contributed by atoms with Crippen LogP contribution in [0.2, 0.25) is 0 Å². The van der Waals surface area contributed by atoms with Gasteiger partial charge in [0, 0.05) is 25.4 Å². The molecule has 0 aliphatic carbocycles. The standard InChI is InChI=1S/C8H18N2OS.C2H2/c1-2-5-12-10-4-3-9-6-8(10)7-11;1-2/h8-9,11H,2-7H2,1H3;1-2H/t8-;/m1./s1. The van der Waals surface area contributed by atoms with Gasteiger partial charge in [0.05, 0.1) is 12.6 Å². The maximum Gasteiger partial charge on any atom is 0.0608 e. The number of piperazine rings is 1. The zero-order valence-corrected chi connectivity index (χ0v) is 9.59. The monoisotopic (exact) mass is 216 g/mol. The maximum atomic E-state index is 9.07. The van der Waals surface area contributed by atoms with Gasteiger partial charge < -0.3 is 10.4 Å². The number of hydrogen-bond acceptors (Lipinski definition) is 4. The third-order valence-corrected chi connectivity index (χ3v) is 3.37. The second-order valence-electron chi connectivity index (χ2n) is 3.01. The number of aliphatic hydroxyl groups excluding tert-OH is 1. The predicted octanol–water partition coefficient (Wildman–Crippen LogP) is 0.560. The fourth-order valence-electron chi connectivity index (χ4n) is 1.28. The van der Waals surface area contributed by atoms with Crippen molar-refractivity contribution < 1.29 is 5.11 Å². The number of terminal acetylenes is 1. The fourth-order valence-corrected chi connectivity index (χ4v) is 2.27. The number of nitrogens with one attached hydrogen (secondary N) is 1. The van der Waals surface area contributed by atoms with E-state index in [0.29, 0.717) is 6.04 Å². The molecular formula is C10H20N2OS. The van der Waals surface area contributed by atoms with Crippen molar-refractivity contribution in [3.05, 3.63) is 0 Å². The summed E-state index contributed by atoms with van der Waals surface area (Å²) in [6.07, 6.45) is 9.20. The first-order valence-corrected chi connectivity index (χ1v) is 5.87. The lowest BCUT2D eigenvalue weighted by Crippen LogP contribution is -2.49. The fraction of sp³-hybridized carbons (Fsp3) is 0.800. The maximum absolute atomic E-state index is 9.07. The number of rotatable bonds is 4. The Morgan fingerprint density at radius 1 is 1.57 bits per heavy atom. The summed E-state index contributed by atoms with van der Waals surface area (Å²) in [4.78, 5) is 0. The van der Waals surface area contributed by atoms with Crippen molar-refractivity contribution in [3.63, 3.8) is 0 Å². The minimum atomic E-state index is 0.268. The predicted molar refractivity (Wildman–Crippen MR) is 63.1 cm³/mol. The lowest BCUT2D eigenvalue weighted by molar-refractivity contribution is 0.174. The Morgan fingerprint density at radius 3 is 2.86 bits per heavy atom. The normalized spacial score (nSPS) is 22.4. The van der Waals surface area contributed by atoms with Crippen LogP contribution in [0.3, 0.4) is 0 Å². The van der Waals surface area contributed by atoms with E-state index in [1.54, 1.807) is 0 Å². The highest BCUT2D eigenvalue weighted by atomic mass is 32.2. The molecule has 2 N–H and O–H groups in total. The molecule has 4 heteroatoms. The third-order valence-electron chi connectivity index (χ3n) is 1.97. The summed E-state index contributed by atoms with van der Waals surface area (Å²) in [5.41, 5.74) is 0. The second kappa shape index (κ2) is 9.35. The summed E-state index contributed by atoms with van der Waals surface area (Å²) in [5.74, 6) is 1.16. The van der Waals surface area contributed by atoms with Gasteiger partial charge in [-0.2, -0.15) is 0 Å². The molecule has 0 saturated carbocycles. The summed E-state index contributed by atoms with van der Waals surface area (Å²) in [7, 11) is 0.